The van der Waals surface area contributed by atoms with Gasteiger partial charge in [-0.2, -0.15) is 0 Å². The van der Waals surface area contributed by atoms with Crippen molar-refractivity contribution in [1.82, 2.24) is 0 Å². The average Bonchev–Trinajstić information content (AvgIpc) is 0.811. The molecule has 0 aromatic heterocycles. The van der Waals surface area contributed by atoms with Gasteiger partial charge < -0.3 is 0 Å². The van der Waals surface area contributed by atoms with Crippen LogP contribution in [0, 0.1) is 0 Å². The highest BCUT2D eigenvalue weighted by molar-refractivity contribution is 9.25. The van der Waals surface area contributed by atoms with Crippen molar-refractivity contribution in [3.63, 3.8) is 0 Å². The Kier molecular flexibility index (Phi) is 2.42. The van der Waals surface area contributed by atoms with Crippen LogP contribution < -0.4 is 0 Å². The topological polar surface area (TPSA) is 0 Å². The van der Waals surface area contributed by atoms with Crippen LogP contribution >= 0.6 is 27.2 Å². The van der Waals surface area contributed by atoms with Gasteiger partial charge in [-0.25, -0.2) is 0 Å². The summed E-state index contributed by atoms with van der Waals surface area (Å²) in [6.45, 7) is 0. The van der Waals surface area contributed by atoms with Gasteiger partial charge in [0.25, 0.3) is 0 Å². The SMILES string of the molecule is FB(Cl)Br. The van der Waals surface area contributed by atoms with E-state index in [-0.39, 0.29) is 0 Å². The highest BCUT2D eigenvalue weighted by Crippen LogP contribution is 1.96. The average molecular weight is 145 g/mol. The second kappa shape index (κ2) is 2.03. The molecule has 0 spiro atoms. The molecule has 4 heavy (non-hydrogen) atoms. The Morgan fingerprint density at radius 3 is 2.00 bits per heavy atom. The maximum atomic E-state index is 10.7. The van der Waals surface area contributed by atoms with Crippen molar-refractivity contribution in [1.29, 1.82) is 0 Å². The smallest absolute Gasteiger partial charge is 0.295 e. The molecule has 0 aliphatic carbocycles. The van der Waals surface area contributed by atoms with Crippen molar-refractivity contribution >= 4 is 32.4 Å². The van der Waals surface area contributed by atoms with Gasteiger partial charge in [0.1, 0.15) is 0 Å². The van der Waals surface area contributed by atoms with Gasteiger partial charge in [0, 0.05) is 0 Å². The van der Waals surface area contributed by atoms with E-state index in [9.17, 15) is 4.32 Å². The van der Waals surface area contributed by atoms with Gasteiger partial charge in [0.05, 0.1) is 0 Å². The summed E-state index contributed by atoms with van der Waals surface area (Å²) in [5.41, 5.74) is 0. The monoisotopic (exact) mass is 144 g/mol. The maximum Gasteiger partial charge on any atom is 0.520 e. The van der Waals surface area contributed by atoms with E-state index in [2.05, 4.69) is 27.2 Å². The van der Waals surface area contributed by atoms with Crippen molar-refractivity contribution < 1.29 is 4.32 Å². The summed E-state index contributed by atoms with van der Waals surface area (Å²) in [7, 11) is 0. The fourth-order valence-electron chi connectivity index (χ4n) is 0. The van der Waals surface area contributed by atoms with Gasteiger partial charge in [-0.1, -0.05) is 15.8 Å². The summed E-state index contributed by atoms with van der Waals surface area (Å²) in [6, 6.07) is 0. The molecule has 0 aliphatic heterocycles. The molecule has 0 saturated heterocycles. The highest BCUT2D eigenvalue weighted by Gasteiger charge is 1.94. The van der Waals surface area contributed by atoms with E-state index in [0.29, 0.717) is 0 Å². The van der Waals surface area contributed by atoms with Crippen LogP contribution in [0.15, 0.2) is 0 Å². The van der Waals surface area contributed by atoms with E-state index >= 15 is 0 Å². The van der Waals surface area contributed by atoms with Gasteiger partial charge in [-0.3, -0.25) is 4.32 Å². The predicted octanol–water partition coefficient (Wildman–Crippen LogP) is 1.57. The minimum absolute atomic E-state index is 1.38. The Bertz CT molecular complexity index is 12.8. The molecule has 0 heterocycles. The molecule has 24 valence electrons. The van der Waals surface area contributed by atoms with Crippen LogP contribution in [0.2, 0.25) is 0 Å². The Labute approximate surface area is 37.3 Å². The summed E-state index contributed by atoms with van der Waals surface area (Å²) in [5, 5.41) is -1.38. The van der Waals surface area contributed by atoms with Crippen molar-refractivity contribution in [2.75, 3.05) is 0 Å². The van der Waals surface area contributed by atoms with Crippen LogP contribution in [0.3, 0.4) is 0 Å². The molecular formula is BBrClF. The Hall–Kier alpha value is 0.765. The van der Waals surface area contributed by atoms with Crippen LogP contribution in [0.4, 0.5) is 4.32 Å². The van der Waals surface area contributed by atoms with Crippen LogP contribution in [-0.4, -0.2) is 5.23 Å². The van der Waals surface area contributed by atoms with Crippen LogP contribution in [0.5, 0.6) is 0 Å². The molecule has 0 fully saturated rings. The molecule has 0 N–H and O–H groups in total. The summed E-state index contributed by atoms with van der Waals surface area (Å²) in [6.07, 6.45) is 0. The third-order valence-corrected chi connectivity index (χ3v) is 0. The molecule has 0 nitrogen and oxygen atoms in total. The Morgan fingerprint density at radius 1 is 2.00 bits per heavy atom. The molecule has 0 radical (unpaired) electrons. The van der Waals surface area contributed by atoms with Gasteiger partial charge in [-0.15, -0.1) is 11.5 Å². The number of rotatable bonds is 0. The maximum absolute atomic E-state index is 10.7. The van der Waals surface area contributed by atoms with Crippen molar-refractivity contribution in [3.8, 4) is 0 Å². The van der Waals surface area contributed by atoms with Crippen molar-refractivity contribution in [2.24, 2.45) is 0 Å². The van der Waals surface area contributed by atoms with E-state index < -0.39 is 5.23 Å². The minimum atomic E-state index is -1.38. The van der Waals surface area contributed by atoms with E-state index in [1.54, 1.807) is 0 Å². The largest absolute Gasteiger partial charge is 0.520 e. The van der Waals surface area contributed by atoms with Gasteiger partial charge in [0.15, 0.2) is 0 Å². The summed E-state index contributed by atoms with van der Waals surface area (Å²) >= 11 is 6.89. The van der Waals surface area contributed by atoms with Crippen LogP contribution in [0.25, 0.3) is 0 Å². The van der Waals surface area contributed by atoms with Crippen LogP contribution in [-0.2, 0) is 0 Å². The number of hydrogen-bond acceptors (Lipinski definition) is 0. The zero-order chi connectivity index (χ0) is 3.58. The lowest BCUT2D eigenvalue weighted by molar-refractivity contribution is 0.888. The third kappa shape index (κ3) is 14.7. The highest BCUT2D eigenvalue weighted by atomic mass is 79.9. The Balaban J connectivity index is 2.32. The molecular weight excluding hydrogens is 145 g/mol. The van der Waals surface area contributed by atoms with E-state index in [0.717, 1.165) is 0 Å². The van der Waals surface area contributed by atoms with E-state index in [1.165, 1.54) is 0 Å². The lowest BCUT2D eigenvalue weighted by Crippen LogP contribution is -1.68. The van der Waals surface area contributed by atoms with Gasteiger partial charge >= 0.3 is 5.23 Å². The molecule has 0 rings (SSSR count). The molecule has 0 atom stereocenters. The van der Waals surface area contributed by atoms with Crippen LogP contribution in [0.1, 0.15) is 0 Å². The molecule has 0 saturated carbocycles. The minimum Gasteiger partial charge on any atom is -0.295 e. The molecule has 0 amide bonds. The second-order valence-electron chi connectivity index (χ2n) is 0.247. The summed E-state index contributed by atoms with van der Waals surface area (Å²) in [4.78, 5) is 0. The molecule has 0 unspecified atom stereocenters. The summed E-state index contributed by atoms with van der Waals surface area (Å²) in [5.74, 6) is 0. The first-order valence-corrected chi connectivity index (χ1v) is 2.01. The van der Waals surface area contributed by atoms with E-state index in [4.69, 9.17) is 0 Å². The lowest BCUT2D eigenvalue weighted by atomic mass is 10.6. The zero-order valence-corrected chi connectivity index (χ0v) is 4.05. The normalized spacial score (nSPS) is 6.75. The quantitative estimate of drug-likeness (QED) is 0.454. The third-order valence-electron chi connectivity index (χ3n) is 0. The molecule has 0 aromatic carbocycles. The first kappa shape index (κ1) is 4.76. The van der Waals surface area contributed by atoms with Crippen molar-refractivity contribution in [2.45, 2.75) is 0 Å². The van der Waals surface area contributed by atoms with E-state index in [1.807, 2.05) is 0 Å². The summed E-state index contributed by atoms with van der Waals surface area (Å²) < 4.78 is 10.7. The lowest BCUT2D eigenvalue weighted by Gasteiger charge is -1.60. The predicted molar refractivity (Wildman–Crippen MR) is 21.6 cm³/mol. The first-order chi connectivity index (χ1) is 1.73. The molecule has 0 bridgehead atoms. The van der Waals surface area contributed by atoms with Crippen molar-refractivity contribution in [3.05, 3.63) is 0 Å². The van der Waals surface area contributed by atoms with Gasteiger partial charge in [0.2, 0.25) is 0 Å². The first-order valence-electron chi connectivity index (χ1n) is 0.655. The molecule has 0 aliphatic rings. The Morgan fingerprint density at radius 2 is 2.00 bits per heavy atom. The number of halogens is 3. The molecule has 4 heteroatoms. The number of hydrogen-bond donors (Lipinski definition) is 0. The molecule has 0 aromatic rings. The van der Waals surface area contributed by atoms with Gasteiger partial charge in [-0.05, 0) is 0 Å². The fraction of sp³-hybridized carbons (Fsp3) is 0. The zero-order valence-electron chi connectivity index (χ0n) is 1.71. The fourth-order valence-corrected chi connectivity index (χ4v) is 0. The second-order valence-corrected chi connectivity index (χ2v) is 1.96. The standard InChI is InChI=1S/BBrClF/c2-1(3)4.